The number of aryl methyl sites for hydroxylation is 1. The molecular formula is C53H37NO. The lowest BCUT2D eigenvalue weighted by Crippen LogP contribution is -2.09. The van der Waals surface area contributed by atoms with Crippen LogP contribution in [-0.4, -0.2) is 0 Å². The minimum atomic E-state index is 0.912. The molecule has 0 fully saturated rings. The summed E-state index contributed by atoms with van der Waals surface area (Å²) in [7, 11) is 0. The summed E-state index contributed by atoms with van der Waals surface area (Å²) in [6.07, 6.45) is 0. The van der Waals surface area contributed by atoms with Gasteiger partial charge in [0.25, 0.3) is 0 Å². The number of para-hydroxylation sites is 1. The molecule has 0 aliphatic heterocycles. The number of hydrogen-bond acceptors (Lipinski definition) is 2. The van der Waals surface area contributed by atoms with Crippen molar-refractivity contribution >= 4 is 49.8 Å². The van der Waals surface area contributed by atoms with Crippen LogP contribution in [0.1, 0.15) is 5.56 Å². The highest BCUT2D eigenvalue weighted by Crippen LogP contribution is 2.41. The van der Waals surface area contributed by atoms with Gasteiger partial charge in [-0.05, 0) is 117 Å². The van der Waals surface area contributed by atoms with Crippen molar-refractivity contribution in [3.8, 4) is 44.5 Å². The third-order valence-electron chi connectivity index (χ3n) is 10.7. The highest BCUT2D eigenvalue weighted by atomic mass is 16.3. The number of rotatable bonds is 7. The van der Waals surface area contributed by atoms with Crippen LogP contribution in [0.25, 0.3) is 77.2 Å². The molecule has 0 N–H and O–H groups in total. The van der Waals surface area contributed by atoms with Crippen molar-refractivity contribution < 1.29 is 4.42 Å². The van der Waals surface area contributed by atoms with Crippen molar-refractivity contribution in [2.45, 2.75) is 6.92 Å². The fourth-order valence-corrected chi connectivity index (χ4v) is 7.98. The van der Waals surface area contributed by atoms with E-state index in [1.165, 1.54) is 49.7 Å². The van der Waals surface area contributed by atoms with Gasteiger partial charge in [-0.3, -0.25) is 0 Å². The summed E-state index contributed by atoms with van der Waals surface area (Å²) in [5.41, 5.74) is 15.8. The lowest BCUT2D eigenvalue weighted by atomic mass is 9.96. The van der Waals surface area contributed by atoms with Gasteiger partial charge < -0.3 is 9.32 Å². The first kappa shape index (κ1) is 32.5. The zero-order valence-corrected chi connectivity index (χ0v) is 30.5. The van der Waals surface area contributed by atoms with Crippen molar-refractivity contribution in [3.63, 3.8) is 0 Å². The molecule has 0 spiro atoms. The molecule has 1 heterocycles. The Hall–Kier alpha value is -7.16. The van der Waals surface area contributed by atoms with Crippen molar-refractivity contribution in [2.75, 3.05) is 4.90 Å². The Balaban J connectivity index is 1.01. The molecule has 2 nitrogen and oxygen atoms in total. The Morgan fingerprint density at radius 2 is 0.818 bits per heavy atom. The normalized spacial score (nSPS) is 11.4. The summed E-state index contributed by atoms with van der Waals surface area (Å²) in [6, 6.07) is 74.0. The number of fused-ring (bicyclic) bond motifs is 4. The first-order valence-corrected chi connectivity index (χ1v) is 18.8. The van der Waals surface area contributed by atoms with Crippen LogP contribution >= 0.6 is 0 Å². The maximum atomic E-state index is 6.44. The van der Waals surface area contributed by atoms with Crippen LogP contribution in [0.2, 0.25) is 0 Å². The predicted octanol–water partition coefficient (Wildman–Crippen LogP) is 15.2. The smallest absolute Gasteiger partial charge is 0.143 e. The first-order valence-electron chi connectivity index (χ1n) is 18.8. The van der Waals surface area contributed by atoms with Crippen LogP contribution in [-0.2, 0) is 0 Å². The van der Waals surface area contributed by atoms with E-state index >= 15 is 0 Å². The average molecular weight is 704 g/mol. The van der Waals surface area contributed by atoms with Gasteiger partial charge in [0, 0.05) is 33.4 Å². The van der Waals surface area contributed by atoms with E-state index in [0.717, 1.165) is 50.1 Å². The van der Waals surface area contributed by atoms with Crippen molar-refractivity contribution in [1.82, 2.24) is 0 Å². The van der Waals surface area contributed by atoms with E-state index < -0.39 is 0 Å². The van der Waals surface area contributed by atoms with Gasteiger partial charge in [-0.2, -0.15) is 0 Å². The molecule has 0 aliphatic rings. The Labute approximate surface area is 321 Å². The molecule has 0 saturated heterocycles. The number of hydrogen-bond donors (Lipinski definition) is 0. The van der Waals surface area contributed by atoms with Gasteiger partial charge in [0.2, 0.25) is 0 Å². The molecule has 9 aromatic carbocycles. The van der Waals surface area contributed by atoms with Crippen LogP contribution in [0.3, 0.4) is 0 Å². The highest BCUT2D eigenvalue weighted by molar-refractivity contribution is 6.10. The summed E-state index contributed by atoms with van der Waals surface area (Å²) in [5.74, 6) is 0. The second-order valence-corrected chi connectivity index (χ2v) is 14.2. The van der Waals surface area contributed by atoms with Gasteiger partial charge in [-0.1, -0.05) is 152 Å². The number of benzene rings is 9. The Bertz CT molecular complexity index is 2930. The van der Waals surface area contributed by atoms with Crippen molar-refractivity contribution in [2.24, 2.45) is 0 Å². The quantitative estimate of drug-likeness (QED) is 0.164. The van der Waals surface area contributed by atoms with Crippen molar-refractivity contribution in [1.29, 1.82) is 0 Å². The predicted molar refractivity (Wildman–Crippen MR) is 232 cm³/mol. The van der Waals surface area contributed by atoms with Gasteiger partial charge in [-0.25, -0.2) is 0 Å². The Kier molecular flexibility index (Phi) is 8.08. The molecule has 260 valence electrons. The van der Waals surface area contributed by atoms with E-state index in [4.69, 9.17) is 4.42 Å². The second-order valence-electron chi connectivity index (χ2n) is 14.2. The van der Waals surface area contributed by atoms with Gasteiger partial charge in [0.05, 0.1) is 0 Å². The maximum Gasteiger partial charge on any atom is 0.143 e. The molecule has 0 radical (unpaired) electrons. The lowest BCUT2D eigenvalue weighted by Gasteiger charge is -2.26. The molecule has 10 aromatic rings. The summed E-state index contributed by atoms with van der Waals surface area (Å²) in [5, 5.41) is 4.83. The van der Waals surface area contributed by atoms with Crippen LogP contribution < -0.4 is 4.90 Å². The molecule has 10 rings (SSSR count). The summed E-state index contributed by atoms with van der Waals surface area (Å²) in [4.78, 5) is 2.33. The standard InChI is InChI=1S/C53H37NO/c1-36-34-50(53-51(35-36)49-15-7-8-17-52(49)55-53)43-26-32-46(33-27-43)54(44-28-22-39(23-29-44)37-10-3-2-4-11-37)45-30-24-40(25-31-45)38-18-20-42(21-19-38)48-16-9-13-41-12-5-6-14-47(41)48/h2-35H,1H3. The molecule has 1 aromatic heterocycles. The van der Waals surface area contributed by atoms with Crippen LogP contribution in [0.4, 0.5) is 17.1 Å². The molecule has 0 amide bonds. The van der Waals surface area contributed by atoms with Crippen LogP contribution in [0, 0.1) is 6.92 Å². The maximum absolute atomic E-state index is 6.44. The SMILES string of the molecule is Cc1cc(-c2ccc(N(c3ccc(-c4ccccc4)cc3)c3ccc(-c4ccc(-c5cccc6ccccc56)cc4)cc3)cc2)c2oc3ccccc3c2c1. The molecule has 0 aliphatic carbocycles. The van der Waals surface area contributed by atoms with Gasteiger partial charge >= 0.3 is 0 Å². The Morgan fingerprint density at radius 3 is 1.47 bits per heavy atom. The van der Waals surface area contributed by atoms with E-state index in [9.17, 15) is 0 Å². The molecular weight excluding hydrogens is 667 g/mol. The zero-order valence-electron chi connectivity index (χ0n) is 30.5. The van der Waals surface area contributed by atoms with E-state index in [-0.39, 0.29) is 0 Å². The van der Waals surface area contributed by atoms with Crippen LogP contribution in [0.15, 0.2) is 211 Å². The van der Waals surface area contributed by atoms with E-state index in [2.05, 4.69) is 206 Å². The fraction of sp³-hybridized carbons (Fsp3) is 0.0189. The minimum absolute atomic E-state index is 0.912. The Morgan fingerprint density at radius 1 is 0.345 bits per heavy atom. The summed E-state index contributed by atoms with van der Waals surface area (Å²) < 4.78 is 6.44. The molecule has 0 bridgehead atoms. The van der Waals surface area contributed by atoms with Crippen LogP contribution in [0.5, 0.6) is 0 Å². The fourth-order valence-electron chi connectivity index (χ4n) is 7.98. The molecule has 0 unspecified atom stereocenters. The van der Waals surface area contributed by atoms with Gasteiger partial charge in [0.1, 0.15) is 11.2 Å². The first-order chi connectivity index (χ1) is 27.2. The van der Waals surface area contributed by atoms with E-state index in [0.29, 0.717) is 0 Å². The molecule has 55 heavy (non-hydrogen) atoms. The number of nitrogens with zero attached hydrogens (tertiary/aromatic N) is 1. The zero-order chi connectivity index (χ0) is 36.7. The molecule has 0 atom stereocenters. The van der Waals surface area contributed by atoms with E-state index in [1.807, 2.05) is 12.1 Å². The monoisotopic (exact) mass is 703 g/mol. The number of furan rings is 1. The summed E-state index contributed by atoms with van der Waals surface area (Å²) >= 11 is 0. The summed E-state index contributed by atoms with van der Waals surface area (Å²) in [6.45, 7) is 2.16. The lowest BCUT2D eigenvalue weighted by molar-refractivity contribution is 0.670. The third-order valence-corrected chi connectivity index (χ3v) is 10.7. The number of anilines is 3. The second kappa shape index (κ2) is 13.7. The topological polar surface area (TPSA) is 16.4 Å². The van der Waals surface area contributed by atoms with Gasteiger partial charge in [0.15, 0.2) is 0 Å². The minimum Gasteiger partial charge on any atom is -0.455 e. The average Bonchev–Trinajstić information content (AvgIpc) is 3.63. The highest BCUT2D eigenvalue weighted by Gasteiger charge is 2.17. The largest absolute Gasteiger partial charge is 0.455 e. The molecule has 2 heteroatoms. The third kappa shape index (κ3) is 6.04. The van der Waals surface area contributed by atoms with E-state index in [1.54, 1.807) is 0 Å². The van der Waals surface area contributed by atoms with Gasteiger partial charge in [-0.15, -0.1) is 0 Å². The molecule has 0 saturated carbocycles. The van der Waals surface area contributed by atoms with Crippen molar-refractivity contribution in [3.05, 3.63) is 212 Å².